The topological polar surface area (TPSA) is 45.2 Å². The molecule has 1 aromatic heterocycles. The zero-order chi connectivity index (χ0) is 13.1. The lowest BCUT2D eigenvalue weighted by Gasteiger charge is -2.31. The maximum Gasteiger partial charge on any atom is 0.273 e. The fraction of sp³-hybridized carbons (Fsp3) is 0.692. The second-order valence-corrected chi connectivity index (χ2v) is 5.97. The van der Waals surface area contributed by atoms with Crippen LogP contribution in [0.1, 0.15) is 48.1 Å². The molecule has 1 N–H and O–H groups in total. The third-order valence-corrected chi connectivity index (χ3v) is 4.57. The minimum Gasteiger partial charge on any atom is -0.337 e. The van der Waals surface area contributed by atoms with Crippen molar-refractivity contribution >= 4 is 17.2 Å². The molecule has 1 fully saturated rings. The molecular weight excluding hydrogens is 246 g/mol. The number of thiazole rings is 1. The van der Waals surface area contributed by atoms with Crippen LogP contribution in [0.4, 0.5) is 0 Å². The van der Waals surface area contributed by atoms with E-state index < -0.39 is 0 Å². The molecule has 2 heterocycles. The Hall–Kier alpha value is -0.940. The number of carbonyl (C=O) groups is 1. The van der Waals surface area contributed by atoms with E-state index >= 15 is 0 Å². The highest BCUT2D eigenvalue weighted by atomic mass is 32.1. The predicted octanol–water partition coefficient (Wildman–Crippen LogP) is 2.09. The van der Waals surface area contributed by atoms with E-state index in [1.165, 1.54) is 0 Å². The average Bonchev–Trinajstić information content (AvgIpc) is 2.88. The van der Waals surface area contributed by atoms with E-state index in [0.29, 0.717) is 17.7 Å². The molecule has 0 radical (unpaired) electrons. The van der Waals surface area contributed by atoms with Gasteiger partial charge in [-0.1, -0.05) is 13.8 Å². The summed E-state index contributed by atoms with van der Waals surface area (Å²) in [5, 5.41) is 6.21. The van der Waals surface area contributed by atoms with Crippen LogP contribution >= 0.6 is 11.3 Å². The summed E-state index contributed by atoms with van der Waals surface area (Å²) in [5.74, 6) is 0.485. The number of likely N-dealkylation sites (tertiary alicyclic amines) is 1. The van der Waals surface area contributed by atoms with Gasteiger partial charge in [-0.2, -0.15) is 0 Å². The molecule has 2 rings (SSSR count). The lowest BCUT2D eigenvalue weighted by Crippen LogP contribution is -2.44. The first-order chi connectivity index (χ1) is 8.61. The number of nitrogens with zero attached hydrogens (tertiary/aromatic N) is 2. The molecule has 18 heavy (non-hydrogen) atoms. The highest BCUT2D eigenvalue weighted by molar-refractivity contribution is 7.09. The van der Waals surface area contributed by atoms with E-state index in [9.17, 15) is 4.79 Å². The molecular formula is C13H21N3OS. The number of amides is 1. The van der Waals surface area contributed by atoms with Crippen molar-refractivity contribution < 1.29 is 4.79 Å². The zero-order valence-corrected chi connectivity index (χ0v) is 12.1. The molecule has 5 heteroatoms. The maximum atomic E-state index is 12.3. The van der Waals surface area contributed by atoms with Crippen LogP contribution in [-0.2, 0) is 0 Å². The Labute approximate surface area is 112 Å². The van der Waals surface area contributed by atoms with Crippen molar-refractivity contribution in [2.24, 2.45) is 0 Å². The van der Waals surface area contributed by atoms with Crippen molar-refractivity contribution in [2.45, 2.75) is 38.6 Å². The third kappa shape index (κ3) is 2.90. The van der Waals surface area contributed by atoms with Gasteiger partial charge in [0, 0.05) is 30.4 Å². The largest absolute Gasteiger partial charge is 0.337 e. The Kier molecular flexibility index (Phi) is 4.35. The summed E-state index contributed by atoms with van der Waals surface area (Å²) in [4.78, 5) is 18.6. The minimum absolute atomic E-state index is 0.0905. The van der Waals surface area contributed by atoms with Gasteiger partial charge in [0.15, 0.2) is 0 Å². The lowest BCUT2D eigenvalue weighted by molar-refractivity contribution is 0.0702. The number of piperidine rings is 1. The molecule has 1 aromatic rings. The minimum atomic E-state index is 0.0905. The van der Waals surface area contributed by atoms with Crippen LogP contribution in [0, 0.1) is 0 Å². The van der Waals surface area contributed by atoms with E-state index in [-0.39, 0.29) is 5.91 Å². The number of nitrogens with one attached hydrogen (secondary N) is 1. The Morgan fingerprint density at radius 3 is 2.67 bits per heavy atom. The van der Waals surface area contributed by atoms with Gasteiger partial charge >= 0.3 is 0 Å². The highest BCUT2D eigenvalue weighted by Gasteiger charge is 2.24. The molecule has 100 valence electrons. The number of carbonyl (C=O) groups excluding carboxylic acids is 1. The van der Waals surface area contributed by atoms with Gasteiger partial charge in [-0.05, 0) is 19.9 Å². The fourth-order valence-electron chi connectivity index (χ4n) is 2.18. The first-order valence-corrected chi connectivity index (χ1v) is 7.41. The molecule has 1 aliphatic heterocycles. The summed E-state index contributed by atoms with van der Waals surface area (Å²) in [6.07, 6.45) is 2.06. The van der Waals surface area contributed by atoms with Gasteiger partial charge in [0.25, 0.3) is 5.91 Å². The van der Waals surface area contributed by atoms with Gasteiger partial charge in [0.2, 0.25) is 0 Å². The summed E-state index contributed by atoms with van der Waals surface area (Å²) in [5.41, 5.74) is 0.617. The first-order valence-electron chi connectivity index (χ1n) is 6.53. The smallest absolute Gasteiger partial charge is 0.273 e. The summed E-state index contributed by atoms with van der Waals surface area (Å²) in [7, 11) is 1.98. The van der Waals surface area contributed by atoms with Crippen molar-refractivity contribution in [2.75, 3.05) is 20.1 Å². The second kappa shape index (κ2) is 5.80. The standard InChI is InChI=1S/C13H21N3OS/c1-9(2)12-15-11(8-18-12)13(17)16-6-4-10(14-3)5-7-16/h8-10,14H,4-7H2,1-3H3. The number of rotatable bonds is 3. The Morgan fingerprint density at radius 2 is 2.17 bits per heavy atom. The Balaban J connectivity index is 1.98. The van der Waals surface area contributed by atoms with Crippen molar-refractivity contribution in [3.8, 4) is 0 Å². The maximum absolute atomic E-state index is 12.3. The number of hydrogen-bond acceptors (Lipinski definition) is 4. The first kappa shape index (κ1) is 13.5. The van der Waals surface area contributed by atoms with Gasteiger partial charge in [0.05, 0.1) is 5.01 Å². The molecule has 1 aliphatic rings. The highest BCUT2D eigenvalue weighted by Crippen LogP contribution is 2.21. The number of hydrogen-bond donors (Lipinski definition) is 1. The molecule has 4 nitrogen and oxygen atoms in total. The second-order valence-electron chi connectivity index (χ2n) is 5.08. The number of aromatic nitrogens is 1. The molecule has 0 spiro atoms. The van der Waals surface area contributed by atoms with E-state index in [2.05, 4.69) is 24.1 Å². The normalized spacial score (nSPS) is 17.4. The predicted molar refractivity (Wildman–Crippen MR) is 74.2 cm³/mol. The third-order valence-electron chi connectivity index (χ3n) is 3.43. The summed E-state index contributed by atoms with van der Waals surface area (Å²) < 4.78 is 0. The van der Waals surface area contributed by atoms with Gasteiger partial charge in [-0.25, -0.2) is 4.98 Å². The molecule has 0 saturated carbocycles. The van der Waals surface area contributed by atoms with Crippen LogP contribution in [0.25, 0.3) is 0 Å². The van der Waals surface area contributed by atoms with E-state index in [1.54, 1.807) is 11.3 Å². The SMILES string of the molecule is CNC1CCN(C(=O)c2csc(C(C)C)n2)CC1. The van der Waals surface area contributed by atoms with Gasteiger partial charge in [-0.3, -0.25) is 4.79 Å². The van der Waals surface area contributed by atoms with Gasteiger partial charge in [0.1, 0.15) is 5.69 Å². The monoisotopic (exact) mass is 267 g/mol. The zero-order valence-electron chi connectivity index (χ0n) is 11.3. The van der Waals surface area contributed by atoms with E-state index in [0.717, 1.165) is 30.9 Å². The summed E-state index contributed by atoms with van der Waals surface area (Å²) in [6.45, 7) is 5.87. The Bertz CT molecular complexity index is 408. The fourth-order valence-corrected chi connectivity index (χ4v) is 2.99. The van der Waals surface area contributed by atoms with Crippen LogP contribution in [0.3, 0.4) is 0 Å². The molecule has 0 unspecified atom stereocenters. The van der Waals surface area contributed by atoms with Crippen molar-refractivity contribution in [3.05, 3.63) is 16.1 Å². The van der Waals surface area contributed by atoms with Crippen LogP contribution in [0.5, 0.6) is 0 Å². The average molecular weight is 267 g/mol. The molecule has 1 saturated heterocycles. The lowest BCUT2D eigenvalue weighted by atomic mass is 10.1. The van der Waals surface area contributed by atoms with Crippen molar-refractivity contribution in [1.29, 1.82) is 0 Å². The molecule has 0 aliphatic carbocycles. The van der Waals surface area contributed by atoms with Crippen LogP contribution in [-0.4, -0.2) is 42.0 Å². The van der Waals surface area contributed by atoms with Crippen LogP contribution in [0.15, 0.2) is 5.38 Å². The van der Waals surface area contributed by atoms with Crippen LogP contribution in [0.2, 0.25) is 0 Å². The van der Waals surface area contributed by atoms with Crippen molar-refractivity contribution in [3.63, 3.8) is 0 Å². The Morgan fingerprint density at radius 1 is 1.50 bits per heavy atom. The quantitative estimate of drug-likeness (QED) is 0.912. The molecule has 0 aromatic carbocycles. The van der Waals surface area contributed by atoms with E-state index in [4.69, 9.17) is 0 Å². The summed E-state index contributed by atoms with van der Waals surface area (Å²) >= 11 is 1.58. The summed E-state index contributed by atoms with van der Waals surface area (Å²) in [6, 6.07) is 0.552. The van der Waals surface area contributed by atoms with Crippen molar-refractivity contribution in [1.82, 2.24) is 15.2 Å². The molecule has 1 amide bonds. The van der Waals surface area contributed by atoms with Gasteiger partial charge in [-0.15, -0.1) is 11.3 Å². The van der Waals surface area contributed by atoms with E-state index in [1.807, 2.05) is 17.3 Å². The van der Waals surface area contributed by atoms with Crippen LogP contribution < -0.4 is 5.32 Å². The molecule has 0 atom stereocenters. The van der Waals surface area contributed by atoms with Gasteiger partial charge < -0.3 is 10.2 Å². The molecule has 0 bridgehead atoms.